The van der Waals surface area contributed by atoms with Crippen molar-refractivity contribution < 1.29 is 9.53 Å². The average molecular weight is 264 g/mol. The molecule has 0 spiro atoms. The molecule has 0 unspecified atom stereocenters. The Balaban J connectivity index is 0.000000861. The maximum absolute atomic E-state index is 11.0. The highest BCUT2D eigenvalue weighted by Gasteiger charge is 2.14. The first-order chi connectivity index (χ1) is 9.13. The van der Waals surface area contributed by atoms with Crippen molar-refractivity contribution in [2.24, 2.45) is 0 Å². The number of methoxy groups -OCH3 is 1. The van der Waals surface area contributed by atoms with Gasteiger partial charge in [-0.05, 0) is 6.92 Å². The van der Waals surface area contributed by atoms with Gasteiger partial charge in [0.2, 0.25) is 11.8 Å². The fourth-order valence-electron chi connectivity index (χ4n) is 1.72. The quantitative estimate of drug-likeness (QED) is 0.887. The average Bonchev–Trinajstić information content (AvgIpc) is 2.89. The van der Waals surface area contributed by atoms with Gasteiger partial charge in [0.05, 0.1) is 36.8 Å². The molecule has 0 aliphatic rings. The molecule has 2 rings (SSSR count). The largest absolute Gasteiger partial charge is 0.481 e. The summed E-state index contributed by atoms with van der Waals surface area (Å²) in [7, 11) is 1.55. The van der Waals surface area contributed by atoms with Crippen molar-refractivity contribution in [3.8, 4) is 5.88 Å². The van der Waals surface area contributed by atoms with Crippen molar-refractivity contribution in [2.75, 3.05) is 7.11 Å². The van der Waals surface area contributed by atoms with Crippen molar-refractivity contribution in [3.05, 3.63) is 17.6 Å². The van der Waals surface area contributed by atoms with Crippen molar-refractivity contribution in [1.29, 1.82) is 0 Å². The molecule has 0 saturated carbocycles. The number of fused-ring (bicyclic) bond motifs is 1. The number of pyridine rings is 1. The second kappa shape index (κ2) is 6.72. The smallest absolute Gasteiger partial charge is 0.220 e. The van der Waals surface area contributed by atoms with Crippen LogP contribution in [0.5, 0.6) is 5.88 Å². The summed E-state index contributed by atoms with van der Waals surface area (Å²) in [5.41, 5.74) is 3.25. The van der Waals surface area contributed by atoms with E-state index in [1.807, 2.05) is 20.8 Å². The fourth-order valence-corrected chi connectivity index (χ4v) is 1.72. The van der Waals surface area contributed by atoms with Crippen LogP contribution in [0.15, 0.2) is 6.33 Å². The van der Waals surface area contributed by atoms with E-state index in [0.717, 1.165) is 22.3 Å². The Morgan fingerprint density at radius 3 is 2.74 bits per heavy atom. The maximum atomic E-state index is 11.0. The Bertz CT molecular complexity index is 563. The topological polar surface area (TPSA) is 79.9 Å². The van der Waals surface area contributed by atoms with Gasteiger partial charge < -0.3 is 15.0 Å². The van der Waals surface area contributed by atoms with Gasteiger partial charge in [-0.2, -0.15) is 0 Å². The molecule has 0 aliphatic heterocycles. The van der Waals surface area contributed by atoms with Gasteiger partial charge in [-0.3, -0.25) is 4.79 Å². The van der Waals surface area contributed by atoms with E-state index in [9.17, 15) is 4.79 Å². The summed E-state index contributed by atoms with van der Waals surface area (Å²) in [5, 5.41) is 2.73. The Labute approximate surface area is 112 Å². The highest BCUT2D eigenvalue weighted by Crippen LogP contribution is 2.25. The zero-order chi connectivity index (χ0) is 14.4. The molecule has 2 heterocycles. The molecule has 19 heavy (non-hydrogen) atoms. The van der Waals surface area contributed by atoms with Crippen LogP contribution in [0.1, 0.15) is 32.0 Å². The van der Waals surface area contributed by atoms with E-state index < -0.39 is 0 Å². The molecule has 0 bridgehead atoms. The third-order valence-electron chi connectivity index (χ3n) is 2.52. The minimum atomic E-state index is -0.101. The van der Waals surface area contributed by atoms with E-state index in [4.69, 9.17) is 4.74 Å². The number of aromatic amines is 1. The molecule has 0 fully saturated rings. The fraction of sp³-hybridized carbons (Fsp3) is 0.462. The van der Waals surface area contributed by atoms with Crippen LogP contribution in [0.4, 0.5) is 0 Å². The van der Waals surface area contributed by atoms with E-state index in [1.54, 1.807) is 13.4 Å². The predicted octanol–water partition coefficient (Wildman–Crippen LogP) is 1.94. The number of hydrogen-bond donors (Lipinski definition) is 2. The summed E-state index contributed by atoms with van der Waals surface area (Å²) in [4.78, 5) is 22.5. The molecule has 6 heteroatoms. The molecule has 0 saturated heterocycles. The highest BCUT2D eigenvalue weighted by atomic mass is 16.5. The SMILES string of the molecule is CC.COc1nc(C)c2[nH]cnc2c1CNC(C)=O. The number of nitrogens with one attached hydrogen (secondary N) is 2. The van der Waals surface area contributed by atoms with Crippen LogP contribution in [0.2, 0.25) is 0 Å². The Morgan fingerprint density at radius 1 is 1.47 bits per heavy atom. The number of aryl methyl sites for hydroxylation is 1. The van der Waals surface area contributed by atoms with E-state index in [0.29, 0.717) is 12.4 Å². The lowest BCUT2D eigenvalue weighted by atomic mass is 10.2. The zero-order valence-corrected chi connectivity index (χ0v) is 12.0. The molecule has 2 N–H and O–H groups in total. The molecule has 0 aliphatic carbocycles. The third-order valence-corrected chi connectivity index (χ3v) is 2.52. The predicted molar refractivity (Wildman–Crippen MR) is 74.0 cm³/mol. The van der Waals surface area contributed by atoms with Crippen molar-refractivity contribution >= 4 is 16.9 Å². The first-order valence-electron chi connectivity index (χ1n) is 6.24. The van der Waals surface area contributed by atoms with Gasteiger partial charge in [0.1, 0.15) is 5.52 Å². The Morgan fingerprint density at radius 2 is 2.16 bits per heavy atom. The number of hydrogen-bond acceptors (Lipinski definition) is 4. The molecule has 1 amide bonds. The molecule has 0 aromatic carbocycles. The lowest BCUT2D eigenvalue weighted by Gasteiger charge is -2.10. The summed E-state index contributed by atoms with van der Waals surface area (Å²) < 4.78 is 5.22. The summed E-state index contributed by atoms with van der Waals surface area (Å²) in [6.07, 6.45) is 1.61. The van der Waals surface area contributed by atoms with Crippen LogP contribution in [-0.4, -0.2) is 28.0 Å². The van der Waals surface area contributed by atoms with Gasteiger partial charge in [0.25, 0.3) is 0 Å². The molecule has 2 aromatic rings. The normalized spacial score (nSPS) is 9.74. The molecule has 104 valence electrons. The van der Waals surface area contributed by atoms with Gasteiger partial charge >= 0.3 is 0 Å². The van der Waals surface area contributed by atoms with Crippen molar-refractivity contribution in [3.63, 3.8) is 0 Å². The molecule has 0 atom stereocenters. The lowest BCUT2D eigenvalue weighted by Crippen LogP contribution is -2.20. The van der Waals surface area contributed by atoms with Crippen LogP contribution in [0.3, 0.4) is 0 Å². The Hall–Kier alpha value is -2.11. The van der Waals surface area contributed by atoms with Crippen LogP contribution >= 0.6 is 0 Å². The standard InChI is InChI=1S/C11H14N4O2.C2H6/c1-6-9-10(14-5-13-9)8(4-12-7(2)16)11(15-6)17-3;1-2/h5H,4H2,1-3H3,(H,12,16)(H,13,14);1-2H3. The monoisotopic (exact) mass is 264 g/mol. The summed E-state index contributed by atoms with van der Waals surface area (Å²) in [6.45, 7) is 7.70. The number of nitrogens with zero attached hydrogens (tertiary/aromatic N) is 2. The summed E-state index contributed by atoms with van der Waals surface area (Å²) in [6, 6.07) is 0. The number of H-pyrrole nitrogens is 1. The number of rotatable bonds is 3. The Kier molecular flexibility index (Phi) is 5.29. The lowest BCUT2D eigenvalue weighted by molar-refractivity contribution is -0.119. The third kappa shape index (κ3) is 3.21. The summed E-state index contributed by atoms with van der Waals surface area (Å²) >= 11 is 0. The number of carbonyl (C=O) groups excluding carboxylic acids is 1. The second-order valence-corrected chi connectivity index (χ2v) is 3.72. The number of carbonyl (C=O) groups is 1. The number of amides is 1. The van der Waals surface area contributed by atoms with Gasteiger partial charge in [-0.15, -0.1) is 0 Å². The van der Waals surface area contributed by atoms with Crippen LogP contribution in [0.25, 0.3) is 11.0 Å². The number of imidazole rings is 1. The van der Waals surface area contributed by atoms with E-state index in [-0.39, 0.29) is 5.91 Å². The van der Waals surface area contributed by atoms with Gasteiger partial charge in [0, 0.05) is 6.92 Å². The van der Waals surface area contributed by atoms with Gasteiger partial charge in [-0.25, -0.2) is 9.97 Å². The van der Waals surface area contributed by atoms with Crippen LogP contribution < -0.4 is 10.1 Å². The first-order valence-corrected chi connectivity index (χ1v) is 6.24. The van der Waals surface area contributed by atoms with Gasteiger partial charge in [0.15, 0.2) is 0 Å². The molecule has 2 aromatic heterocycles. The molecular formula is C13H20N4O2. The molecule has 0 radical (unpaired) electrons. The summed E-state index contributed by atoms with van der Waals surface area (Å²) in [5.74, 6) is 0.396. The minimum Gasteiger partial charge on any atom is -0.481 e. The molecule has 6 nitrogen and oxygen atoms in total. The van der Waals surface area contributed by atoms with E-state index >= 15 is 0 Å². The first kappa shape index (κ1) is 14.9. The van der Waals surface area contributed by atoms with Crippen molar-refractivity contribution in [2.45, 2.75) is 34.2 Å². The highest BCUT2D eigenvalue weighted by molar-refractivity contribution is 5.82. The van der Waals surface area contributed by atoms with Gasteiger partial charge in [-0.1, -0.05) is 13.8 Å². The minimum absolute atomic E-state index is 0.101. The van der Waals surface area contributed by atoms with Crippen LogP contribution in [0, 0.1) is 6.92 Å². The number of aromatic nitrogens is 3. The number of ether oxygens (including phenoxy) is 1. The zero-order valence-electron chi connectivity index (χ0n) is 12.0. The maximum Gasteiger partial charge on any atom is 0.220 e. The van der Waals surface area contributed by atoms with E-state index in [1.165, 1.54) is 6.92 Å². The van der Waals surface area contributed by atoms with Crippen molar-refractivity contribution in [1.82, 2.24) is 20.3 Å². The van der Waals surface area contributed by atoms with Crippen LogP contribution in [-0.2, 0) is 11.3 Å². The van der Waals surface area contributed by atoms with E-state index in [2.05, 4.69) is 20.3 Å². The molecular weight excluding hydrogens is 244 g/mol. The second-order valence-electron chi connectivity index (χ2n) is 3.72.